The summed E-state index contributed by atoms with van der Waals surface area (Å²) in [5.41, 5.74) is 1.73. The van der Waals surface area contributed by atoms with Crippen molar-refractivity contribution in [1.82, 2.24) is 9.88 Å². The van der Waals surface area contributed by atoms with Crippen LogP contribution >= 0.6 is 27.3 Å². The lowest BCUT2D eigenvalue weighted by atomic mass is 10.2. The van der Waals surface area contributed by atoms with Crippen molar-refractivity contribution in [3.05, 3.63) is 114 Å². The van der Waals surface area contributed by atoms with E-state index in [9.17, 15) is 14.9 Å². The Hall–Kier alpha value is -3.93. The van der Waals surface area contributed by atoms with E-state index in [1.54, 1.807) is 30.3 Å². The summed E-state index contributed by atoms with van der Waals surface area (Å²) in [7, 11) is 0. The maximum absolute atomic E-state index is 13.6. The van der Waals surface area contributed by atoms with E-state index in [0.717, 1.165) is 21.4 Å². The second kappa shape index (κ2) is 11.7. The molecule has 0 aliphatic heterocycles. The van der Waals surface area contributed by atoms with Gasteiger partial charge in [-0.25, -0.2) is 0 Å². The number of benzene rings is 3. The summed E-state index contributed by atoms with van der Waals surface area (Å²) < 4.78 is 8.61. The van der Waals surface area contributed by atoms with Crippen LogP contribution in [0, 0.1) is 11.3 Å². The molecule has 1 aromatic heterocycles. The van der Waals surface area contributed by atoms with Crippen LogP contribution < -0.4 is 24.8 Å². The molecule has 4 aromatic rings. The molecule has 0 spiro atoms. The molecule has 4 rings (SSSR count). The average molecular weight is 560 g/mol. The van der Waals surface area contributed by atoms with E-state index in [1.165, 1.54) is 4.57 Å². The van der Waals surface area contributed by atoms with Gasteiger partial charge < -0.3 is 10.1 Å². The van der Waals surface area contributed by atoms with Gasteiger partial charge in [-0.15, -0.1) is 11.3 Å². The minimum atomic E-state index is -0.545. The fourth-order valence-corrected chi connectivity index (χ4v) is 5.06. The molecule has 0 saturated heterocycles. The highest BCUT2D eigenvalue weighted by Gasteiger charge is 2.17. The van der Waals surface area contributed by atoms with Crippen LogP contribution in [0.15, 0.2) is 88.1 Å². The Morgan fingerprint density at radius 1 is 1.11 bits per heavy atom. The molecule has 6 nitrogen and oxygen atoms in total. The monoisotopic (exact) mass is 559 g/mol. The van der Waals surface area contributed by atoms with Gasteiger partial charge in [0.25, 0.3) is 11.5 Å². The van der Waals surface area contributed by atoms with Crippen LogP contribution in [0.4, 0.5) is 0 Å². The Kier molecular flexibility index (Phi) is 8.16. The Morgan fingerprint density at radius 3 is 2.47 bits per heavy atom. The number of carbonyl (C=O) groups excluding carboxylic acids is 1. The Bertz CT molecular complexity index is 1600. The lowest BCUT2D eigenvalue weighted by Crippen LogP contribution is -2.33. The van der Waals surface area contributed by atoms with Crippen molar-refractivity contribution in [2.24, 2.45) is 0 Å². The highest BCUT2D eigenvalue weighted by atomic mass is 79.9. The van der Waals surface area contributed by atoms with Gasteiger partial charge in [0.2, 0.25) is 0 Å². The molecule has 0 atom stereocenters. The van der Waals surface area contributed by atoms with E-state index in [4.69, 9.17) is 4.74 Å². The van der Waals surface area contributed by atoms with E-state index in [-0.39, 0.29) is 22.3 Å². The van der Waals surface area contributed by atoms with Gasteiger partial charge in [-0.1, -0.05) is 64.5 Å². The topological polar surface area (TPSA) is 84.1 Å². The predicted octanol–water partition coefficient (Wildman–Crippen LogP) is 3.88. The van der Waals surface area contributed by atoms with E-state index in [0.29, 0.717) is 28.1 Å². The fraction of sp³-hybridized carbons (Fsp3) is 0.107. The molecule has 180 valence electrons. The van der Waals surface area contributed by atoms with Gasteiger partial charge in [0.05, 0.1) is 16.8 Å². The number of nitrogens with zero attached hydrogens (tertiary/aromatic N) is 2. The van der Waals surface area contributed by atoms with Crippen molar-refractivity contribution in [1.29, 1.82) is 5.26 Å². The normalized spacial score (nSPS) is 12.1. The molecule has 36 heavy (non-hydrogen) atoms. The Labute approximate surface area is 220 Å². The number of hydrogen-bond acceptors (Lipinski definition) is 5. The third-order valence-electron chi connectivity index (χ3n) is 5.24. The van der Waals surface area contributed by atoms with E-state index >= 15 is 0 Å². The lowest BCUT2D eigenvalue weighted by molar-refractivity contribution is -0.115. The number of para-hydroxylation sites is 1. The first-order chi connectivity index (χ1) is 17.5. The first-order valence-corrected chi connectivity index (χ1v) is 12.8. The number of halogens is 1. The SMILES string of the molecule is CCOc1ccc(Br)cc1/C=c1/s/c(=C(\C#N)C(=O)NCc2ccccc2)n(-c2ccccc2)c1=O. The number of nitrogens with one attached hydrogen (secondary N) is 1. The number of nitriles is 1. The average Bonchev–Trinajstić information content (AvgIpc) is 3.21. The molecule has 0 aliphatic rings. The summed E-state index contributed by atoms with van der Waals surface area (Å²) in [6.07, 6.45) is 1.72. The van der Waals surface area contributed by atoms with Crippen LogP contribution in [0.5, 0.6) is 5.75 Å². The minimum Gasteiger partial charge on any atom is -0.493 e. The summed E-state index contributed by atoms with van der Waals surface area (Å²) in [4.78, 5) is 26.7. The first-order valence-electron chi connectivity index (χ1n) is 11.2. The molecule has 1 heterocycles. The standard InChI is InChI=1S/C28H22BrN3O3S/c1-2-35-24-14-13-21(29)15-20(24)16-25-27(34)32(22-11-7-4-8-12-22)28(36-25)23(17-30)26(33)31-18-19-9-5-3-6-10-19/h3-16H,2,18H2,1H3,(H,31,33)/b25-16+,28-23+. The number of thiazole rings is 1. The maximum Gasteiger partial charge on any atom is 0.273 e. The Balaban J connectivity index is 1.91. The third-order valence-corrected chi connectivity index (χ3v) is 6.83. The quantitative estimate of drug-likeness (QED) is 0.372. The molecular weight excluding hydrogens is 538 g/mol. The molecule has 1 amide bonds. The van der Waals surface area contributed by atoms with Gasteiger partial charge >= 0.3 is 0 Å². The minimum absolute atomic E-state index is 0.129. The van der Waals surface area contributed by atoms with Gasteiger partial charge in [0, 0.05) is 16.6 Å². The predicted molar refractivity (Wildman–Crippen MR) is 145 cm³/mol. The number of rotatable bonds is 7. The molecule has 3 aromatic carbocycles. The second-order valence-electron chi connectivity index (χ2n) is 7.66. The van der Waals surface area contributed by atoms with Crippen molar-refractivity contribution >= 4 is 44.8 Å². The van der Waals surface area contributed by atoms with Crippen LogP contribution in [0.25, 0.3) is 17.3 Å². The van der Waals surface area contributed by atoms with Crippen molar-refractivity contribution in [3.8, 4) is 17.5 Å². The van der Waals surface area contributed by atoms with Crippen LogP contribution in [-0.2, 0) is 11.3 Å². The molecule has 1 N–H and O–H groups in total. The molecule has 0 unspecified atom stereocenters. The highest BCUT2D eigenvalue weighted by Crippen LogP contribution is 2.24. The number of amides is 1. The zero-order valence-corrected chi connectivity index (χ0v) is 21.8. The lowest BCUT2D eigenvalue weighted by Gasteiger charge is -2.06. The molecular formula is C28H22BrN3O3S. The van der Waals surface area contributed by atoms with Gasteiger partial charge in [-0.2, -0.15) is 5.26 Å². The van der Waals surface area contributed by atoms with Crippen molar-refractivity contribution < 1.29 is 9.53 Å². The highest BCUT2D eigenvalue weighted by molar-refractivity contribution is 9.10. The third kappa shape index (κ3) is 5.65. The molecule has 0 radical (unpaired) electrons. The molecule has 8 heteroatoms. The molecule has 0 fully saturated rings. The van der Waals surface area contributed by atoms with Gasteiger partial charge in [0.1, 0.15) is 16.5 Å². The van der Waals surface area contributed by atoms with E-state index in [2.05, 4.69) is 21.2 Å². The van der Waals surface area contributed by atoms with Gasteiger partial charge in [-0.05, 0) is 48.9 Å². The van der Waals surface area contributed by atoms with Gasteiger partial charge in [0.15, 0.2) is 5.57 Å². The van der Waals surface area contributed by atoms with E-state index in [1.807, 2.05) is 67.6 Å². The fourth-order valence-electron chi connectivity index (χ4n) is 3.58. The zero-order chi connectivity index (χ0) is 25.5. The number of hydrogen-bond donors (Lipinski definition) is 1. The van der Waals surface area contributed by atoms with Crippen LogP contribution in [0.2, 0.25) is 0 Å². The maximum atomic E-state index is 13.6. The van der Waals surface area contributed by atoms with Crippen molar-refractivity contribution in [3.63, 3.8) is 0 Å². The smallest absolute Gasteiger partial charge is 0.273 e. The number of ether oxygens (including phenoxy) is 1. The molecule has 0 saturated carbocycles. The molecule has 0 aliphatic carbocycles. The molecule has 0 bridgehead atoms. The summed E-state index contributed by atoms with van der Waals surface area (Å²) in [5, 5.41) is 12.8. The van der Waals surface area contributed by atoms with Gasteiger partial charge in [-0.3, -0.25) is 14.2 Å². The van der Waals surface area contributed by atoms with E-state index < -0.39 is 5.91 Å². The second-order valence-corrected chi connectivity index (χ2v) is 9.61. The van der Waals surface area contributed by atoms with Crippen LogP contribution in [0.1, 0.15) is 18.1 Å². The summed E-state index contributed by atoms with van der Waals surface area (Å²) in [6.45, 7) is 2.63. The largest absolute Gasteiger partial charge is 0.493 e. The number of aromatic nitrogens is 1. The van der Waals surface area contributed by atoms with Crippen molar-refractivity contribution in [2.45, 2.75) is 13.5 Å². The van der Waals surface area contributed by atoms with Crippen LogP contribution in [-0.4, -0.2) is 17.1 Å². The summed E-state index contributed by atoms with van der Waals surface area (Å²) in [6, 6.07) is 26.0. The first kappa shape index (κ1) is 25.2. The van der Waals surface area contributed by atoms with Crippen molar-refractivity contribution in [2.75, 3.05) is 6.61 Å². The summed E-state index contributed by atoms with van der Waals surface area (Å²) >= 11 is 4.56. The summed E-state index contributed by atoms with van der Waals surface area (Å²) in [5.74, 6) is 0.0858. The zero-order valence-electron chi connectivity index (χ0n) is 19.4. The number of carbonyl (C=O) groups is 1. The Morgan fingerprint density at radius 2 is 1.81 bits per heavy atom. The van der Waals surface area contributed by atoms with Crippen LogP contribution in [0.3, 0.4) is 0 Å².